The molecule has 1 aliphatic rings. The lowest BCUT2D eigenvalue weighted by molar-refractivity contribution is -0.149. The lowest BCUT2D eigenvalue weighted by atomic mass is 10.1. The molecule has 0 spiro atoms. The summed E-state index contributed by atoms with van der Waals surface area (Å²) in [6.07, 6.45) is 0. The number of halogens is 1. The van der Waals surface area contributed by atoms with E-state index in [2.05, 4.69) is 22.6 Å². The molecular formula is C14H15IN2O3. The summed E-state index contributed by atoms with van der Waals surface area (Å²) in [6.45, 7) is 2.36. The molecule has 0 atom stereocenters. The number of nitrogens with zero attached hydrogens (tertiary/aromatic N) is 2. The summed E-state index contributed by atoms with van der Waals surface area (Å²) >= 11 is 2.16. The highest BCUT2D eigenvalue weighted by molar-refractivity contribution is 14.1. The van der Waals surface area contributed by atoms with Crippen molar-refractivity contribution in [2.75, 3.05) is 26.2 Å². The predicted molar refractivity (Wildman–Crippen MR) is 82.3 cm³/mol. The van der Waals surface area contributed by atoms with Crippen molar-refractivity contribution in [3.63, 3.8) is 0 Å². The molecule has 0 aromatic heterocycles. The van der Waals surface area contributed by atoms with Gasteiger partial charge in [0.1, 0.15) is 6.54 Å². The Morgan fingerprint density at radius 1 is 1.10 bits per heavy atom. The van der Waals surface area contributed by atoms with Crippen LogP contribution in [0.15, 0.2) is 24.3 Å². The van der Waals surface area contributed by atoms with Crippen molar-refractivity contribution in [1.29, 1.82) is 0 Å². The highest BCUT2D eigenvalue weighted by atomic mass is 127. The number of carbonyl (C=O) groups excluding carboxylic acids is 3. The van der Waals surface area contributed by atoms with Gasteiger partial charge in [-0.1, -0.05) is 12.1 Å². The summed E-state index contributed by atoms with van der Waals surface area (Å²) in [5.74, 6) is -0.430. The average molecular weight is 386 g/mol. The Morgan fingerprint density at radius 2 is 1.65 bits per heavy atom. The Labute approximate surface area is 131 Å². The van der Waals surface area contributed by atoms with Crippen molar-refractivity contribution >= 4 is 40.2 Å². The summed E-state index contributed by atoms with van der Waals surface area (Å²) in [5.41, 5.74) is 0.559. The zero-order valence-corrected chi connectivity index (χ0v) is 13.3. The van der Waals surface area contributed by atoms with Crippen LogP contribution in [0.3, 0.4) is 0 Å². The van der Waals surface area contributed by atoms with Crippen LogP contribution in [0.1, 0.15) is 17.3 Å². The van der Waals surface area contributed by atoms with Gasteiger partial charge in [-0.15, -0.1) is 0 Å². The fourth-order valence-electron chi connectivity index (χ4n) is 2.04. The number of benzene rings is 1. The minimum absolute atomic E-state index is 0.0111. The Balaban J connectivity index is 2.03. The van der Waals surface area contributed by atoms with E-state index in [0.717, 1.165) is 3.57 Å². The van der Waals surface area contributed by atoms with Gasteiger partial charge in [0.2, 0.25) is 11.8 Å². The lowest BCUT2D eigenvalue weighted by Gasteiger charge is -2.32. The largest absolute Gasteiger partial charge is 0.332 e. The second-order valence-electron chi connectivity index (χ2n) is 4.59. The number of likely N-dealkylation sites (N-methyl/N-ethyl adjacent to an activating group) is 1. The first-order valence-electron chi connectivity index (χ1n) is 6.35. The van der Waals surface area contributed by atoms with Crippen LogP contribution in [-0.2, 0) is 9.59 Å². The van der Waals surface area contributed by atoms with Crippen molar-refractivity contribution in [2.24, 2.45) is 0 Å². The van der Waals surface area contributed by atoms with E-state index < -0.39 is 0 Å². The summed E-state index contributed by atoms with van der Waals surface area (Å²) in [5, 5.41) is 0. The number of piperazine rings is 1. The van der Waals surface area contributed by atoms with Crippen LogP contribution in [0.5, 0.6) is 0 Å². The van der Waals surface area contributed by atoms with Gasteiger partial charge in [0.25, 0.3) is 0 Å². The number of ketones is 1. The molecule has 0 unspecified atom stereocenters. The maximum Gasteiger partial charge on any atom is 0.243 e. The lowest BCUT2D eigenvalue weighted by Crippen LogP contribution is -2.54. The van der Waals surface area contributed by atoms with Crippen LogP contribution in [0.2, 0.25) is 0 Å². The maximum atomic E-state index is 12.1. The molecule has 20 heavy (non-hydrogen) atoms. The van der Waals surface area contributed by atoms with E-state index in [0.29, 0.717) is 12.1 Å². The highest BCUT2D eigenvalue weighted by Gasteiger charge is 2.30. The van der Waals surface area contributed by atoms with Gasteiger partial charge >= 0.3 is 0 Å². The molecule has 0 bridgehead atoms. The Hall–Kier alpha value is -1.44. The molecule has 6 heteroatoms. The predicted octanol–water partition coefficient (Wildman–Crippen LogP) is 1.16. The van der Waals surface area contributed by atoms with Crippen LogP contribution < -0.4 is 0 Å². The van der Waals surface area contributed by atoms with E-state index in [-0.39, 0.29) is 37.2 Å². The maximum absolute atomic E-state index is 12.1. The summed E-state index contributed by atoms with van der Waals surface area (Å²) in [6, 6.07) is 7.16. The molecule has 1 aliphatic heterocycles. The molecule has 2 rings (SSSR count). The van der Waals surface area contributed by atoms with Gasteiger partial charge in [0.05, 0.1) is 13.1 Å². The monoisotopic (exact) mass is 386 g/mol. The molecule has 1 heterocycles. The van der Waals surface area contributed by atoms with E-state index in [1.165, 1.54) is 9.80 Å². The summed E-state index contributed by atoms with van der Waals surface area (Å²) in [7, 11) is 0. The Morgan fingerprint density at radius 3 is 2.25 bits per heavy atom. The second kappa shape index (κ2) is 6.34. The first-order valence-corrected chi connectivity index (χ1v) is 7.43. The molecule has 1 saturated heterocycles. The van der Waals surface area contributed by atoms with E-state index in [1.807, 2.05) is 19.1 Å². The van der Waals surface area contributed by atoms with E-state index >= 15 is 0 Å². The van der Waals surface area contributed by atoms with Crippen molar-refractivity contribution in [3.05, 3.63) is 33.4 Å². The number of hydrogen-bond acceptors (Lipinski definition) is 3. The summed E-state index contributed by atoms with van der Waals surface area (Å²) in [4.78, 5) is 38.6. The number of carbonyl (C=O) groups is 3. The molecule has 1 aromatic carbocycles. The highest BCUT2D eigenvalue weighted by Crippen LogP contribution is 2.10. The van der Waals surface area contributed by atoms with Crippen LogP contribution in [-0.4, -0.2) is 53.6 Å². The average Bonchev–Trinajstić information content (AvgIpc) is 2.43. The molecule has 2 amide bonds. The smallest absolute Gasteiger partial charge is 0.243 e. The second-order valence-corrected chi connectivity index (χ2v) is 5.83. The Bertz CT molecular complexity index is 542. The quantitative estimate of drug-likeness (QED) is 0.577. The van der Waals surface area contributed by atoms with Gasteiger partial charge in [-0.2, -0.15) is 0 Å². The fourth-order valence-corrected chi connectivity index (χ4v) is 2.40. The van der Waals surface area contributed by atoms with Crippen LogP contribution in [0, 0.1) is 3.57 Å². The zero-order chi connectivity index (χ0) is 14.7. The zero-order valence-electron chi connectivity index (χ0n) is 11.1. The van der Waals surface area contributed by atoms with Crippen molar-refractivity contribution in [1.82, 2.24) is 9.80 Å². The molecule has 0 aliphatic carbocycles. The number of amides is 2. The minimum atomic E-state index is -0.176. The molecule has 0 saturated carbocycles. The number of rotatable bonds is 4. The normalized spacial score (nSPS) is 15.7. The number of Topliss-reactive ketones (excluding diaryl/α,β-unsaturated/α-hetero) is 1. The van der Waals surface area contributed by atoms with Gasteiger partial charge in [0, 0.05) is 15.7 Å². The number of hydrogen-bond donors (Lipinski definition) is 0. The first-order chi connectivity index (χ1) is 9.51. The molecule has 1 aromatic rings. The van der Waals surface area contributed by atoms with Crippen LogP contribution in [0.25, 0.3) is 0 Å². The van der Waals surface area contributed by atoms with Gasteiger partial charge in [-0.3, -0.25) is 14.4 Å². The van der Waals surface area contributed by atoms with Crippen molar-refractivity contribution in [3.8, 4) is 0 Å². The molecule has 106 valence electrons. The standard InChI is InChI=1S/C14H15IN2O3/c1-2-16-8-14(20)17(9-13(16)19)7-12(18)10-3-5-11(15)6-4-10/h3-6H,2,7-9H2,1H3. The molecule has 0 radical (unpaired) electrons. The molecular weight excluding hydrogens is 371 g/mol. The molecule has 1 fully saturated rings. The minimum Gasteiger partial charge on any atom is -0.332 e. The topological polar surface area (TPSA) is 57.7 Å². The van der Waals surface area contributed by atoms with Crippen molar-refractivity contribution < 1.29 is 14.4 Å². The SMILES string of the molecule is CCN1CC(=O)N(CC(=O)c2ccc(I)cc2)CC1=O. The molecule has 0 N–H and O–H groups in total. The third kappa shape index (κ3) is 3.36. The first kappa shape index (κ1) is 15.0. The van der Waals surface area contributed by atoms with Crippen molar-refractivity contribution in [2.45, 2.75) is 6.92 Å². The van der Waals surface area contributed by atoms with Gasteiger partial charge in [-0.25, -0.2) is 0 Å². The Kier molecular flexibility index (Phi) is 4.74. The molecule has 5 nitrogen and oxygen atoms in total. The van der Waals surface area contributed by atoms with Crippen LogP contribution >= 0.6 is 22.6 Å². The van der Waals surface area contributed by atoms with Gasteiger partial charge in [-0.05, 0) is 41.6 Å². The van der Waals surface area contributed by atoms with Gasteiger partial charge < -0.3 is 9.80 Å². The van der Waals surface area contributed by atoms with E-state index in [1.54, 1.807) is 12.1 Å². The summed E-state index contributed by atoms with van der Waals surface area (Å²) < 4.78 is 1.04. The fraction of sp³-hybridized carbons (Fsp3) is 0.357. The van der Waals surface area contributed by atoms with E-state index in [4.69, 9.17) is 0 Å². The third-order valence-electron chi connectivity index (χ3n) is 3.24. The third-order valence-corrected chi connectivity index (χ3v) is 3.96. The van der Waals surface area contributed by atoms with Crippen LogP contribution in [0.4, 0.5) is 0 Å². The van der Waals surface area contributed by atoms with E-state index in [9.17, 15) is 14.4 Å². The van der Waals surface area contributed by atoms with Gasteiger partial charge in [0.15, 0.2) is 5.78 Å².